The average Bonchev–Trinajstić information content (AvgIpc) is 3.31. The summed E-state index contributed by atoms with van der Waals surface area (Å²) in [5.41, 5.74) is 0.568. The minimum atomic E-state index is -0.446. The van der Waals surface area contributed by atoms with Crippen LogP contribution < -0.4 is 5.32 Å². The van der Waals surface area contributed by atoms with Gasteiger partial charge in [-0.1, -0.05) is 22.9 Å². The van der Waals surface area contributed by atoms with E-state index in [1.165, 1.54) is 0 Å². The highest BCUT2D eigenvalue weighted by atomic mass is 35.5. The number of amides is 3. The number of carbonyl (C=O) groups is 3. The van der Waals surface area contributed by atoms with Crippen LogP contribution in [-0.2, 0) is 9.53 Å². The van der Waals surface area contributed by atoms with Gasteiger partial charge in [0.1, 0.15) is 0 Å². The van der Waals surface area contributed by atoms with Crippen LogP contribution >= 0.6 is 22.9 Å². The molecule has 1 atom stereocenters. The van der Waals surface area contributed by atoms with Gasteiger partial charge in [-0.3, -0.25) is 14.4 Å². The third-order valence-corrected chi connectivity index (χ3v) is 6.45. The van der Waals surface area contributed by atoms with Crippen LogP contribution in [-0.4, -0.2) is 77.1 Å². The zero-order valence-corrected chi connectivity index (χ0v) is 18.3. The Labute approximate surface area is 188 Å². The Kier molecular flexibility index (Phi) is 6.79. The molecule has 1 aromatic carbocycles. The summed E-state index contributed by atoms with van der Waals surface area (Å²) in [4.78, 5) is 41.6. The first kappa shape index (κ1) is 21.7. The van der Waals surface area contributed by atoms with E-state index < -0.39 is 5.91 Å². The van der Waals surface area contributed by atoms with E-state index in [-0.39, 0.29) is 27.7 Å². The van der Waals surface area contributed by atoms with Crippen LogP contribution in [0.15, 0.2) is 24.3 Å². The largest absolute Gasteiger partial charge is 0.378 e. The molecule has 1 aromatic heterocycles. The highest BCUT2D eigenvalue weighted by Gasteiger charge is 2.33. The first-order valence-corrected chi connectivity index (χ1v) is 11.3. The van der Waals surface area contributed by atoms with Gasteiger partial charge in [-0.05, 0) is 37.1 Å². The molecule has 1 N–H and O–H groups in total. The van der Waals surface area contributed by atoms with Crippen molar-refractivity contribution in [2.45, 2.75) is 12.8 Å². The van der Waals surface area contributed by atoms with E-state index in [0.29, 0.717) is 50.1 Å². The molecule has 9 nitrogen and oxygen atoms in total. The van der Waals surface area contributed by atoms with Crippen molar-refractivity contribution in [3.8, 4) is 0 Å². The molecule has 4 rings (SSSR count). The Morgan fingerprint density at radius 1 is 1.03 bits per heavy atom. The molecule has 0 radical (unpaired) electrons. The second kappa shape index (κ2) is 9.71. The van der Waals surface area contributed by atoms with Crippen LogP contribution in [0.3, 0.4) is 0 Å². The van der Waals surface area contributed by atoms with E-state index in [0.717, 1.165) is 24.2 Å². The molecule has 0 unspecified atom stereocenters. The summed E-state index contributed by atoms with van der Waals surface area (Å²) in [5.74, 6) is -0.905. The van der Waals surface area contributed by atoms with Crippen molar-refractivity contribution in [2.75, 3.05) is 44.7 Å². The second-order valence-corrected chi connectivity index (χ2v) is 8.82. The summed E-state index contributed by atoms with van der Waals surface area (Å²) in [7, 11) is 0. The number of piperidine rings is 1. The molecule has 3 amide bonds. The minimum Gasteiger partial charge on any atom is -0.378 e. The molecule has 2 aromatic rings. The van der Waals surface area contributed by atoms with E-state index in [1.54, 1.807) is 29.2 Å². The summed E-state index contributed by atoms with van der Waals surface area (Å²) >= 11 is 6.79. The molecular formula is C20H22ClN5O4S. The van der Waals surface area contributed by atoms with Gasteiger partial charge in [-0.2, -0.15) is 0 Å². The Balaban J connectivity index is 1.37. The van der Waals surface area contributed by atoms with Crippen molar-refractivity contribution in [1.29, 1.82) is 0 Å². The Morgan fingerprint density at radius 2 is 1.74 bits per heavy atom. The maximum atomic E-state index is 12.9. The van der Waals surface area contributed by atoms with Gasteiger partial charge in [0.15, 0.2) is 0 Å². The van der Waals surface area contributed by atoms with E-state index in [4.69, 9.17) is 16.3 Å². The van der Waals surface area contributed by atoms with E-state index >= 15 is 0 Å². The number of carbonyl (C=O) groups excluding carboxylic acids is 3. The summed E-state index contributed by atoms with van der Waals surface area (Å²) in [5, 5.41) is 11.3. The molecule has 0 saturated carbocycles. The fourth-order valence-electron chi connectivity index (χ4n) is 3.66. The van der Waals surface area contributed by atoms with Gasteiger partial charge in [-0.25, -0.2) is 0 Å². The average molecular weight is 464 g/mol. The molecule has 31 heavy (non-hydrogen) atoms. The number of ether oxygens (including phenoxy) is 1. The topological polar surface area (TPSA) is 105 Å². The van der Waals surface area contributed by atoms with Gasteiger partial charge < -0.3 is 19.9 Å². The zero-order chi connectivity index (χ0) is 21.8. The van der Waals surface area contributed by atoms with Crippen molar-refractivity contribution in [3.63, 3.8) is 0 Å². The first-order chi connectivity index (χ1) is 15.0. The van der Waals surface area contributed by atoms with Gasteiger partial charge in [-0.15, -0.1) is 10.2 Å². The van der Waals surface area contributed by atoms with Crippen LogP contribution in [0, 0.1) is 5.92 Å². The van der Waals surface area contributed by atoms with Gasteiger partial charge in [0, 0.05) is 36.9 Å². The third kappa shape index (κ3) is 5.20. The van der Waals surface area contributed by atoms with Crippen molar-refractivity contribution < 1.29 is 19.1 Å². The molecule has 3 heterocycles. The van der Waals surface area contributed by atoms with E-state index in [9.17, 15) is 14.4 Å². The van der Waals surface area contributed by atoms with E-state index in [1.807, 2.05) is 4.90 Å². The molecule has 0 spiro atoms. The number of benzene rings is 1. The first-order valence-electron chi connectivity index (χ1n) is 10.1. The molecule has 11 heteroatoms. The number of nitrogens with one attached hydrogen (secondary N) is 1. The van der Waals surface area contributed by atoms with Crippen LogP contribution in [0.25, 0.3) is 0 Å². The van der Waals surface area contributed by atoms with Gasteiger partial charge in [0.25, 0.3) is 11.8 Å². The lowest BCUT2D eigenvalue weighted by molar-refractivity contribution is -0.141. The fraction of sp³-hybridized carbons (Fsp3) is 0.450. The van der Waals surface area contributed by atoms with Crippen LogP contribution in [0.4, 0.5) is 5.69 Å². The van der Waals surface area contributed by atoms with Gasteiger partial charge in [0.05, 0.1) is 19.1 Å². The number of halogens is 1. The Hall–Kier alpha value is -2.56. The maximum Gasteiger partial charge on any atom is 0.286 e. The quantitative estimate of drug-likeness (QED) is 0.745. The molecular weight excluding hydrogens is 442 g/mol. The Bertz CT molecular complexity index is 961. The summed E-state index contributed by atoms with van der Waals surface area (Å²) in [6.45, 7) is 3.18. The van der Waals surface area contributed by atoms with Gasteiger partial charge >= 0.3 is 0 Å². The Morgan fingerprint density at radius 3 is 2.48 bits per heavy atom. The minimum absolute atomic E-state index is 0.0705. The second-order valence-electron chi connectivity index (χ2n) is 7.40. The van der Waals surface area contributed by atoms with Crippen molar-refractivity contribution in [3.05, 3.63) is 39.3 Å². The van der Waals surface area contributed by atoms with Crippen molar-refractivity contribution >= 4 is 46.3 Å². The number of hydrogen-bond acceptors (Lipinski definition) is 7. The van der Waals surface area contributed by atoms with Crippen LogP contribution in [0.1, 0.15) is 32.4 Å². The molecule has 2 aliphatic heterocycles. The third-order valence-electron chi connectivity index (χ3n) is 5.28. The maximum absolute atomic E-state index is 12.9. The van der Waals surface area contributed by atoms with Crippen molar-refractivity contribution in [2.24, 2.45) is 5.92 Å². The molecule has 2 fully saturated rings. The number of hydrogen-bond donors (Lipinski definition) is 1. The molecule has 0 bridgehead atoms. The van der Waals surface area contributed by atoms with E-state index in [2.05, 4.69) is 15.5 Å². The SMILES string of the molecule is O=C(Nc1ccc(Cl)cc1)c1nnc(C(=O)N2CCC[C@@H](C(=O)N3CCOCC3)C2)s1. The number of aromatic nitrogens is 2. The fourth-order valence-corrected chi connectivity index (χ4v) is 4.49. The number of likely N-dealkylation sites (tertiary alicyclic amines) is 1. The summed E-state index contributed by atoms with van der Waals surface area (Å²) in [6.07, 6.45) is 1.50. The highest BCUT2D eigenvalue weighted by Crippen LogP contribution is 2.23. The lowest BCUT2D eigenvalue weighted by Gasteiger charge is -2.35. The number of anilines is 1. The van der Waals surface area contributed by atoms with Crippen molar-refractivity contribution in [1.82, 2.24) is 20.0 Å². The number of morpholine rings is 1. The monoisotopic (exact) mass is 463 g/mol. The smallest absolute Gasteiger partial charge is 0.286 e. The van der Waals surface area contributed by atoms with Crippen LogP contribution in [0.5, 0.6) is 0 Å². The summed E-state index contributed by atoms with van der Waals surface area (Å²) in [6, 6.07) is 6.67. The summed E-state index contributed by atoms with van der Waals surface area (Å²) < 4.78 is 5.31. The number of nitrogens with zero attached hydrogens (tertiary/aromatic N) is 4. The zero-order valence-electron chi connectivity index (χ0n) is 16.8. The lowest BCUT2D eigenvalue weighted by atomic mass is 9.96. The predicted octanol–water partition coefficient (Wildman–Crippen LogP) is 2.15. The molecule has 2 saturated heterocycles. The van der Waals surface area contributed by atoms with Crippen LogP contribution in [0.2, 0.25) is 5.02 Å². The molecule has 0 aliphatic carbocycles. The molecule has 2 aliphatic rings. The predicted molar refractivity (Wildman–Crippen MR) is 115 cm³/mol. The van der Waals surface area contributed by atoms with Gasteiger partial charge in [0.2, 0.25) is 15.9 Å². The molecule has 164 valence electrons. The standard InChI is InChI=1S/C20H22ClN5O4S/c21-14-3-5-15(6-4-14)22-16(27)17-23-24-18(31-17)20(29)26-7-1-2-13(12-26)19(28)25-8-10-30-11-9-25/h3-6,13H,1-2,7-12H2,(H,22,27)/t13-/m1/s1. The number of rotatable bonds is 4. The normalized spacial score (nSPS) is 19.2. The highest BCUT2D eigenvalue weighted by molar-refractivity contribution is 7.15. The lowest BCUT2D eigenvalue weighted by Crippen LogP contribution is -2.49.